The second kappa shape index (κ2) is 7.64. The standard InChI is InChI=1S/C12H25BrN2/c1-12(2)15(9-5-6-13)11-10-14-7-3-4-8-14/h12H,3-11H2,1-2H3. The predicted octanol–water partition coefficient (Wildman–Crippen LogP) is 2.58. The van der Waals surface area contributed by atoms with E-state index in [0.717, 1.165) is 5.33 Å². The molecule has 0 spiro atoms. The molecule has 1 rings (SSSR count). The van der Waals surface area contributed by atoms with Gasteiger partial charge in [0.1, 0.15) is 0 Å². The minimum atomic E-state index is 0.687. The first kappa shape index (κ1) is 13.5. The van der Waals surface area contributed by atoms with Gasteiger partial charge in [0, 0.05) is 24.5 Å². The van der Waals surface area contributed by atoms with Gasteiger partial charge < -0.3 is 4.90 Å². The van der Waals surface area contributed by atoms with Gasteiger partial charge in [0.15, 0.2) is 0 Å². The maximum absolute atomic E-state index is 3.51. The molecule has 0 aromatic heterocycles. The largest absolute Gasteiger partial charge is 0.302 e. The Labute approximate surface area is 103 Å². The quantitative estimate of drug-likeness (QED) is 0.660. The highest BCUT2D eigenvalue weighted by molar-refractivity contribution is 9.09. The van der Waals surface area contributed by atoms with Crippen LogP contribution in [0.5, 0.6) is 0 Å². The third-order valence-corrected chi connectivity index (χ3v) is 3.77. The Bertz CT molecular complexity index is 156. The summed E-state index contributed by atoms with van der Waals surface area (Å²) in [5, 5.41) is 1.12. The van der Waals surface area contributed by atoms with Crippen molar-refractivity contribution in [2.45, 2.75) is 39.2 Å². The molecule has 0 unspecified atom stereocenters. The Kier molecular flexibility index (Phi) is 6.86. The van der Waals surface area contributed by atoms with Crippen LogP contribution < -0.4 is 0 Å². The molecule has 0 bridgehead atoms. The lowest BCUT2D eigenvalue weighted by Gasteiger charge is -2.28. The summed E-state index contributed by atoms with van der Waals surface area (Å²) in [6.45, 7) is 11.0. The van der Waals surface area contributed by atoms with Crippen LogP contribution in [0.1, 0.15) is 33.1 Å². The summed E-state index contributed by atoms with van der Waals surface area (Å²) in [7, 11) is 0. The van der Waals surface area contributed by atoms with Crippen LogP contribution in [0.25, 0.3) is 0 Å². The Morgan fingerprint density at radius 3 is 2.40 bits per heavy atom. The first-order valence-electron chi connectivity index (χ1n) is 6.26. The van der Waals surface area contributed by atoms with E-state index >= 15 is 0 Å². The Morgan fingerprint density at radius 1 is 1.20 bits per heavy atom. The third-order valence-electron chi connectivity index (χ3n) is 3.21. The zero-order chi connectivity index (χ0) is 11.1. The van der Waals surface area contributed by atoms with Gasteiger partial charge in [-0.05, 0) is 52.7 Å². The van der Waals surface area contributed by atoms with E-state index in [0.29, 0.717) is 6.04 Å². The number of alkyl halides is 1. The maximum Gasteiger partial charge on any atom is 0.0112 e. The molecule has 0 aliphatic carbocycles. The number of halogens is 1. The van der Waals surface area contributed by atoms with E-state index in [1.807, 2.05) is 0 Å². The molecule has 90 valence electrons. The molecule has 0 N–H and O–H groups in total. The molecule has 15 heavy (non-hydrogen) atoms. The zero-order valence-corrected chi connectivity index (χ0v) is 11.8. The molecule has 0 amide bonds. The normalized spacial score (nSPS) is 18.2. The summed E-state index contributed by atoms with van der Waals surface area (Å²) < 4.78 is 0. The topological polar surface area (TPSA) is 6.48 Å². The fourth-order valence-corrected chi connectivity index (χ4v) is 2.42. The van der Waals surface area contributed by atoms with Gasteiger partial charge in [-0.25, -0.2) is 0 Å². The summed E-state index contributed by atoms with van der Waals surface area (Å²) in [5.74, 6) is 0. The highest BCUT2D eigenvalue weighted by Gasteiger charge is 2.14. The van der Waals surface area contributed by atoms with E-state index in [2.05, 4.69) is 39.6 Å². The van der Waals surface area contributed by atoms with Crippen LogP contribution in [-0.4, -0.2) is 53.9 Å². The average Bonchev–Trinajstić information content (AvgIpc) is 2.70. The lowest BCUT2D eigenvalue weighted by Crippen LogP contribution is -2.38. The first-order chi connectivity index (χ1) is 7.24. The van der Waals surface area contributed by atoms with E-state index in [9.17, 15) is 0 Å². The minimum Gasteiger partial charge on any atom is -0.302 e. The number of likely N-dealkylation sites (tertiary alicyclic amines) is 1. The van der Waals surface area contributed by atoms with Crippen molar-refractivity contribution in [1.29, 1.82) is 0 Å². The van der Waals surface area contributed by atoms with Gasteiger partial charge in [-0.2, -0.15) is 0 Å². The molecule has 0 radical (unpaired) electrons. The van der Waals surface area contributed by atoms with E-state index in [1.54, 1.807) is 0 Å². The third kappa shape index (κ3) is 5.32. The van der Waals surface area contributed by atoms with E-state index in [1.165, 1.54) is 52.0 Å². The second-order valence-corrected chi connectivity index (χ2v) is 5.51. The summed E-state index contributed by atoms with van der Waals surface area (Å²) in [6.07, 6.45) is 4.07. The van der Waals surface area contributed by atoms with Gasteiger partial charge in [-0.15, -0.1) is 0 Å². The zero-order valence-electron chi connectivity index (χ0n) is 10.2. The molecule has 0 saturated carbocycles. The van der Waals surface area contributed by atoms with Crippen molar-refractivity contribution in [3.8, 4) is 0 Å². The summed E-state index contributed by atoms with van der Waals surface area (Å²) in [5.41, 5.74) is 0. The SMILES string of the molecule is CC(C)N(CCCBr)CCN1CCCC1. The number of rotatable bonds is 7. The molecule has 3 heteroatoms. The monoisotopic (exact) mass is 276 g/mol. The second-order valence-electron chi connectivity index (χ2n) is 4.72. The molecule has 1 aliphatic heterocycles. The maximum atomic E-state index is 3.51. The Hall–Kier alpha value is 0.400. The van der Waals surface area contributed by atoms with Crippen molar-refractivity contribution in [2.24, 2.45) is 0 Å². The van der Waals surface area contributed by atoms with Crippen molar-refractivity contribution in [3.05, 3.63) is 0 Å². The average molecular weight is 277 g/mol. The first-order valence-corrected chi connectivity index (χ1v) is 7.38. The molecule has 1 saturated heterocycles. The van der Waals surface area contributed by atoms with Gasteiger partial charge in [0.05, 0.1) is 0 Å². The number of nitrogens with zero attached hydrogens (tertiary/aromatic N) is 2. The molecule has 0 aromatic rings. The van der Waals surface area contributed by atoms with Crippen molar-refractivity contribution in [3.63, 3.8) is 0 Å². The van der Waals surface area contributed by atoms with Crippen molar-refractivity contribution in [2.75, 3.05) is 38.1 Å². The molecule has 1 heterocycles. The molecule has 0 atom stereocenters. The summed E-state index contributed by atoms with van der Waals surface area (Å²) >= 11 is 3.51. The molecular weight excluding hydrogens is 252 g/mol. The van der Waals surface area contributed by atoms with Crippen LogP contribution in [0, 0.1) is 0 Å². The smallest absolute Gasteiger partial charge is 0.0112 e. The molecule has 2 nitrogen and oxygen atoms in total. The molecule has 1 fully saturated rings. The fourth-order valence-electron chi connectivity index (χ4n) is 2.17. The van der Waals surface area contributed by atoms with Gasteiger partial charge in [-0.3, -0.25) is 4.90 Å². The van der Waals surface area contributed by atoms with E-state index in [-0.39, 0.29) is 0 Å². The van der Waals surface area contributed by atoms with Crippen molar-refractivity contribution < 1.29 is 0 Å². The van der Waals surface area contributed by atoms with E-state index in [4.69, 9.17) is 0 Å². The Balaban J connectivity index is 2.17. The fraction of sp³-hybridized carbons (Fsp3) is 1.00. The minimum absolute atomic E-state index is 0.687. The van der Waals surface area contributed by atoms with Crippen LogP contribution in [0.4, 0.5) is 0 Å². The summed E-state index contributed by atoms with van der Waals surface area (Å²) in [4.78, 5) is 5.20. The summed E-state index contributed by atoms with van der Waals surface area (Å²) in [6, 6.07) is 0.687. The highest BCUT2D eigenvalue weighted by atomic mass is 79.9. The molecular formula is C12H25BrN2. The van der Waals surface area contributed by atoms with Crippen LogP contribution in [0.15, 0.2) is 0 Å². The van der Waals surface area contributed by atoms with Crippen LogP contribution in [0.2, 0.25) is 0 Å². The Morgan fingerprint density at radius 2 is 1.87 bits per heavy atom. The van der Waals surface area contributed by atoms with Crippen LogP contribution in [-0.2, 0) is 0 Å². The van der Waals surface area contributed by atoms with Gasteiger partial charge in [0.2, 0.25) is 0 Å². The highest BCUT2D eigenvalue weighted by Crippen LogP contribution is 2.08. The van der Waals surface area contributed by atoms with E-state index < -0.39 is 0 Å². The molecule has 1 aliphatic rings. The lowest BCUT2D eigenvalue weighted by atomic mass is 10.3. The van der Waals surface area contributed by atoms with Crippen LogP contribution >= 0.6 is 15.9 Å². The van der Waals surface area contributed by atoms with Gasteiger partial charge >= 0.3 is 0 Å². The molecule has 0 aromatic carbocycles. The van der Waals surface area contributed by atoms with Gasteiger partial charge in [-0.1, -0.05) is 15.9 Å². The lowest BCUT2D eigenvalue weighted by molar-refractivity contribution is 0.190. The van der Waals surface area contributed by atoms with Crippen molar-refractivity contribution >= 4 is 15.9 Å². The number of hydrogen-bond acceptors (Lipinski definition) is 2. The van der Waals surface area contributed by atoms with Crippen LogP contribution in [0.3, 0.4) is 0 Å². The van der Waals surface area contributed by atoms with Crippen molar-refractivity contribution in [1.82, 2.24) is 9.80 Å². The van der Waals surface area contributed by atoms with Gasteiger partial charge in [0.25, 0.3) is 0 Å². The predicted molar refractivity (Wildman–Crippen MR) is 70.8 cm³/mol. The number of hydrogen-bond donors (Lipinski definition) is 0.